The van der Waals surface area contributed by atoms with Gasteiger partial charge in [0.2, 0.25) is 0 Å². The summed E-state index contributed by atoms with van der Waals surface area (Å²) in [6.07, 6.45) is -12.1. The molecule has 8 rings (SSSR count). The lowest BCUT2D eigenvalue weighted by Gasteiger charge is -2.61. The molecule has 4 aliphatic heterocycles. The molecule has 0 amide bonds. The molecule has 0 aromatic rings. The summed E-state index contributed by atoms with van der Waals surface area (Å²) in [7, 11) is 0. The highest BCUT2D eigenvalue weighted by atomic mass is 16.8. The Hall–Kier alpha value is -1.14. The molecule has 63 heavy (non-hydrogen) atoms. The molecule has 18 nitrogen and oxygen atoms in total. The van der Waals surface area contributed by atoms with Gasteiger partial charge in [0.15, 0.2) is 18.9 Å². The van der Waals surface area contributed by atoms with Gasteiger partial charge in [-0.2, -0.15) is 0 Å². The average Bonchev–Trinajstić information content (AvgIpc) is 3.76. The van der Waals surface area contributed by atoms with Crippen molar-refractivity contribution in [3.63, 3.8) is 0 Å². The molecule has 0 radical (unpaired) electrons. The first-order chi connectivity index (χ1) is 29.9. The molecule has 4 saturated carbocycles. The summed E-state index contributed by atoms with van der Waals surface area (Å²) in [4.78, 5) is 0. The van der Waals surface area contributed by atoms with Crippen molar-refractivity contribution in [3.8, 4) is 0 Å². The molecular weight excluding hydrogens is 828 g/mol. The van der Waals surface area contributed by atoms with Gasteiger partial charge in [0, 0.05) is 12.3 Å². The summed E-state index contributed by atoms with van der Waals surface area (Å²) in [5, 5.41) is 113. The maximum Gasteiger partial charge on any atom is 0.187 e. The van der Waals surface area contributed by atoms with Crippen LogP contribution in [0.1, 0.15) is 91.9 Å². The van der Waals surface area contributed by atoms with Crippen LogP contribution in [-0.2, 0) is 33.2 Å². The number of aliphatic hydroxyl groups excluding tert-OH is 11. The zero-order valence-electron chi connectivity index (χ0n) is 37.0. The van der Waals surface area contributed by atoms with Crippen molar-refractivity contribution >= 4 is 0 Å². The Kier molecular flexibility index (Phi) is 14.6. The Morgan fingerprint density at radius 3 is 1.87 bits per heavy atom. The number of aliphatic hydroxyl groups is 11. The molecule has 11 N–H and O–H groups in total. The van der Waals surface area contributed by atoms with Crippen LogP contribution < -0.4 is 0 Å². The van der Waals surface area contributed by atoms with Crippen LogP contribution in [0.3, 0.4) is 0 Å². The standard InChI is InChI=1S/C45H74O18/c1-19(18-57-41-38(55)35(52)32(49)28(15-46)60-41)5-8-26-20(2)31-27(59-26)14-25-23-7-6-21-13-22(9-11-44(21,3)24(23)10-12-45(25,31)4)58-43-40(37(54)34(51)30(17-48)62-43)63-42-39(56)36(53)33(50)29(16-47)61-42/h19,21-25,27-43,46-56H,5-18H2,1-4H3/t19?,21?,22?,23?,24?,25?,27?,28?,29?,30?,31?,32?,33?,34?,35?,36?,37?,38?,39?,40?,41?,42?,43?,44-,45-/m0/s1. The molecular formula is C45H74O18. The number of allylic oxidation sites excluding steroid dienone is 1. The highest BCUT2D eigenvalue weighted by Crippen LogP contribution is 2.70. The van der Waals surface area contributed by atoms with Gasteiger partial charge < -0.3 is 89.3 Å². The smallest absolute Gasteiger partial charge is 0.187 e. The summed E-state index contributed by atoms with van der Waals surface area (Å²) in [5.41, 5.74) is 1.57. The summed E-state index contributed by atoms with van der Waals surface area (Å²) in [6, 6.07) is 0. The lowest BCUT2D eigenvalue weighted by atomic mass is 9.44. The molecule has 0 bridgehead atoms. The van der Waals surface area contributed by atoms with Gasteiger partial charge in [-0.15, -0.1) is 0 Å². The number of fused-ring (bicyclic) bond motifs is 7. The largest absolute Gasteiger partial charge is 0.494 e. The van der Waals surface area contributed by atoms with E-state index in [-0.39, 0.29) is 35.6 Å². The maximum atomic E-state index is 11.2. The first-order valence-electron chi connectivity index (χ1n) is 23.5. The van der Waals surface area contributed by atoms with E-state index >= 15 is 0 Å². The summed E-state index contributed by atoms with van der Waals surface area (Å²) < 4.78 is 42.2. The van der Waals surface area contributed by atoms with E-state index in [0.717, 1.165) is 70.0 Å². The van der Waals surface area contributed by atoms with Crippen LogP contribution in [0.15, 0.2) is 11.3 Å². The Labute approximate surface area is 369 Å². The van der Waals surface area contributed by atoms with E-state index < -0.39 is 112 Å². The number of ether oxygens (including phenoxy) is 7. The number of hydrogen-bond acceptors (Lipinski definition) is 18. The molecule has 7 fully saturated rings. The van der Waals surface area contributed by atoms with E-state index in [2.05, 4.69) is 27.7 Å². The third-order valence-electron chi connectivity index (χ3n) is 17.4. The fourth-order valence-corrected chi connectivity index (χ4v) is 13.7. The zero-order valence-corrected chi connectivity index (χ0v) is 37.0. The van der Waals surface area contributed by atoms with E-state index in [1.807, 2.05) is 0 Å². The van der Waals surface area contributed by atoms with Crippen LogP contribution in [-0.4, -0.2) is 187 Å². The summed E-state index contributed by atoms with van der Waals surface area (Å²) >= 11 is 0. The first-order valence-corrected chi connectivity index (χ1v) is 23.5. The van der Waals surface area contributed by atoms with Crippen LogP contribution in [0.25, 0.3) is 0 Å². The van der Waals surface area contributed by atoms with Gasteiger partial charge in [-0.1, -0.05) is 20.8 Å². The molecule has 23 unspecified atom stereocenters. The van der Waals surface area contributed by atoms with Crippen LogP contribution in [0.5, 0.6) is 0 Å². The monoisotopic (exact) mass is 902 g/mol. The molecule has 25 atom stereocenters. The van der Waals surface area contributed by atoms with Crippen molar-refractivity contribution < 1.29 is 89.3 Å². The predicted octanol–water partition coefficient (Wildman–Crippen LogP) is -0.830. The molecule has 8 aliphatic rings. The Bertz CT molecular complexity index is 1580. The molecule has 0 spiro atoms. The Morgan fingerprint density at radius 2 is 1.22 bits per heavy atom. The van der Waals surface area contributed by atoms with Crippen LogP contribution in [0.2, 0.25) is 0 Å². The van der Waals surface area contributed by atoms with Gasteiger partial charge in [-0.05, 0) is 111 Å². The van der Waals surface area contributed by atoms with Gasteiger partial charge in [-0.25, -0.2) is 0 Å². The summed E-state index contributed by atoms with van der Waals surface area (Å²) in [5.74, 6) is 3.56. The lowest BCUT2D eigenvalue weighted by molar-refractivity contribution is -0.373. The van der Waals surface area contributed by atoms with E-state index in [9.17, 15) is 56.2 Å². The van der Waals surface area contributed by atoms with Gasteiger partial charge in [0.1, 0.15) is 79.4 Å². The number of rotatable bonds is 13. The first kappa shape index (κ1) is 48.3. The second-order valence-corrected chi connectivity index (χ2v) is 20.9. The lowest BCUT2D eigenvalue weighted by Crippen LogP contribution is -2.65. The molecule has 4 heterocycles. The summed E-state index contributed by atoms with van der Waals surface area (Å²) in [6.45, 7) is 7.74. The minimum absolute atomic E-state index is 0.0928. The van der Waals surface area contributed by atoms with E-state index in [4.69, 9.17) is 33.2 Å². The van der Waals surface area contributed by atoms with Crippen LogP contribution in [0, 0.1) is 46.3 Å². The number of hydrogen-bond donors (Lipinski definition) is 11. The van der Waals surface area contributed by atoms with Gasteiger partial charge in [0.25, 0.3) is 0 Å². The minimum atomic E-state index is -1.74. The molecule has 0 aromatic heterocycles. The van der Waals surface area contributed by atoms with E-state index in [1.165, 1.54) is 5.57 Å². The molecule has 3 saturated heterocycles. The quantitative estimate of drug-likeness (QED) is 0.101. The normalized spacial score (nSPS) is 52.7. The second kappa shape index (κ2) is 19.1. The average molecular weight is 903 g/mol. The van der Waals surface area contributed by atoms with Crippen molar-refractivity contribution in [3.05, 3.63) is 11.3 Å². The SMILES string of the molecule is CC1=C(CCC(C)COC2OC(CO)C(O)C(O)C2O)OC2CC3C4CCC5CC(OC6OC(CO)C(O)C(O)C6OC6OC(CO)C(O)C(O)C6O)CC[C@]5(C)C4CC[C@]3(C)C12. The third-order valence-corrected chi connectivity index (χ3v) is 17.4. The Balaban J connectivity index is 0.872. The highest BCUT2D eigenvalue weighted by molar-refractivity contribution is 5.26. The second-order valence-electron chi connectivity index (χ2n) is 20.9. The minimum Gasteiger partial charge on any atom is -0.494 e. The Morgan fingerprint density at radius 1 is 0.635 bits per heavy atom. The van der Waals surface area contributed by atoms with Crippen LogP contribution >= 0.6 is 0 Å². The topological polar surface area (TPSA) is 287 Å². The fraction of sp³-hybridized carbons (Fsp3) is 0.956. The molecule has 18 heteroatoms. The van der Waals surface area contributed by atoms with Crippen molar-refractivity contribution in [2.45, 2.75) is 196 Å². The maximum absolute atomic E-state index is 11.2. The van der Waals surface area contributed by atoms with Crippen molar-refractivity contribution in [1.82, 2.24) is 0 Å². The fourth-order valence-electron chi connectivity index (χ4n) is 13.7. The predicted molar refractivity (Wildman–Crippen MR) is 218 cm³/mol. The zero-order chi connectivity index (χ0) is 45.3. The van der Waals surface area contributed by atoms with Crippen molar-refractivity contribution in [2.75, 3.05) is 26.4 Å². The van der Waals surface area contributed by atoms with Gasteiger partial charge >= 0.3 is 0 Å². The van der Waals surface area contributed by atoms with Crippen molar-refractivity contribution in [1.29, 1.82) is 0 Å². The van der Waals surface area contributed by atoms with E-state index in [0.29, 0.717) is 29.6 Å². The van der Waals surface area contributed by atoms with Gasteiger partial charge in [-0.3, -0.25) is 0 Å². The molecule has 4 aliphatic carbocycles. The van der Waals surface area contributed by atoms with Crippen molar-refractivity contribution in [2.24, 2.45) is 46.3 Å². The van der Waals surface area contributed by atoms with E-state index in [1.54, 1.807) is 0 Å². The van der Waals surface area contributed by atoms with Gasteiger partial charge in [0.05, 0.1) is 38.3 Å². The molecule has 0 aromatic carbocycles. The van der Waals surface area contributed by atoms with Crippen LogP contribution in [0.4, 0.5) is 0 Å². The molecule has 362 valence electrons. The third kappa shape index (κ3) is 8.68. The highest BCUT2D eigenvalue weighted by Gasteiger charge is 2.65.